The number of amides is 2. The Kier molecular flexibility index (Phi) is 6.12. The van der Waals surface area contributed by atoms with Gasteiger partial charge in [0.15, 0.2) is 0 Å². The first-order valence-corrected chi connectivity index (χ1v) is 9.51. The van der Waals surface area contributed by atoms with E-state index in [9.17, 15) is 9.59 Å². The number of benzene rings is 2. The maximum Gasteiger partial charge on any atom is 0.253 e. The van der Waals surface area contributed by atoms with Gasteiger partial charge < -0.3 is 15.5 Å². The summed E-state index contributed by atoms with van der Waals surface area (Å²) in [7, 11) is 0. The van der Waals surface area contributed by atoms with Gasteiger partial charge >= 0.3 is 0 Å². The van der Waals surface area contributed by atoms with Crippen molar-refractivity contribution in [3.63, 3.8) is 0 Å². The lowest BCUT2D eigenvalue weighted by atomic mass is 9.98. The molecule has 2 aromatic carbocycles. The lowest BCUT2D eigenvalue weighted by molar-refractivity contribution is -0.114. The normalized spacial score (nSPS) is 14.7. The minimum Gasteiger partial charge on any atom is -0.376 e. The first-order chi connectivity index (χ1) is 13.0. The lowest BCUT2D eigenvalue weighted by Crippen LogP contribution is -2.37. The van der Waals surface area contributed by atoms with E-state index in [0.29, 0.717) is 11.5 Å². The second kappa shape index (κ2) is 8.71. The van der Waals surface area contributed by atoms with Gasteiger partial charge in [-0.05, 0) is 56.0 Å². The molecule has 0 aliphatic carbocycles. The topological polar surface area (TPSA) is 61.4 Å². The van der Waals surface area contributed by atoms with Crippen LogP contribution in [0.1, 0.15) is 35.7 Å². The molecule has 1 fully saturated rings. The number of carbonyl (C=O) groups is 2. The van der Waals surface area contributed by atoms with Crippen molar-refractivity contribution in [2.75, 3.05) is 30.3 Å². The Morgan fingerprint density at radius 1 is 1.04 bits per heavy atom. The van der Waals surface area contributed by atoms with Gasteiger partial charge in [-0.3, -0.25) is 9.59 Å². The fourth-order valence-electron chi connectivity index (χ4n) is 3.18. The number of hydrogen-bond acceptors (Lipinski definition) is 3. The van der Waals surface area contributed by atoms with E-state index in [4.69, 9.17) is 0 Å². The van der Waals surface area contributed by atoms with Crippen molar-refractivity contribution in [1.82, 2.24) is 4.90 Å². The molecule has 2 aromatic rings. The van der Waals surface area contributed by atoms with E-state index in [0.717, 1.165) is 42.9 Å². The van der Waals surface area contributed by atoms with Crippen molar-refractivity contribution < 1.29 is 9.59 Å². The van der Waals surface area contributed by atoms with E-state index >= 15 is 0 Å². The predicted octanol–water partition coefficient (Wildman–Crippen LogP) is 3.92. The van der Waals surface area contributed by atoms with Crippen LogP contribution in [0, 0.1) is 12.8 Å². The van der Waals surface area contributed by atoms with Gasteiger partial charge in [-0.1, -0.05) is 30.7 Å². The summed E-state index contributed by atoms with van der Waals surface area (Å²) >= 11 is 0. The molecule has 1 saturated heterocycles. The molecule has 0 unspecified atom stereocenters. The van der Waals surface area contributed by atoms with E-state index in [-0.39, 0.29) is 18.4 Å². The van der Waals surface area contributed by atoms with Gasteiger partial charge in [-0.15, -0.1) is 0 Å². The summed E-state index contributed by atoms with van der Waals surface area (Å²) in [5.74, 6) is 0.629. The fraction of sp³-hybridized carbons (Fsp3) is 0.364. The number of carbonyl (C=O) groups excluding carboxylic acids is 2. The summed E-state index contributed by atoms with van der Waals surface area (Å²) in [6.07, 6.45) is 2.12. The third-order valence-electron chi connectivity index (χ3n) is 4.97. The Hall–Kier alpha value is -2.82. The number of likely N-dealkylation sites (tertiary alicyclic amines) is 1. The summed E-state index contributed by atoms with van der Waals surface area (Å²) < 4.78 is 0. The van der Waals surface area contributed by atoms with Crippen LogP contribution in [0.3, 0.4) is 0 Å². The third kappa shape index (κ3) is 5.33. The maximum absolute atomic E-state index is 12.7. The Bertz CT molecular complexity index is 793. The van der Waals surface area contributed by atoms with Gasteiger partial charge in [0.25, 0.3) is 5.91 Å². The summed E-state index contributed by atoms with van der Waals surface area (Å²) in [6.45, 7) is 6.01. The number of rotatable bonds is 5. The first kappa shape index (κ1) is 19.0. The Morgan fingerprint density at radius 2 is 1.74 bits per heavy atom. The average Bonchev–Trinajstić information content (AvgIpc) is 2.68. The second-order valence-corrected chi connectivity index (χ2v) is 7.32. The molecule has 0 bridgehead atoms. The minimum absolute atomic E-state index is 0.0645. The number of aryl methyl sites for hydroxylation is 1. The largest absolute Gasteiger partial charge is 0.376 e. The predicted molar refractivity (Wildman–Crippen MR) is 109 cm³/mol. The molecule has 0 aromatic heterocycles. The van der Waals surface area contributed by atoms with Crippen LogP contribution < -0.4 is 10.6 Å². The minimum atomic E-state index is -0.124. The number of nitrogens with zero attached hydrogens (tertiary/aromatic N) is 1. The molecule has 2 N–H and O–H groups in total. The molecule has 3 rings (SSSR count). The maximum atomic E-state index is 12.7. The van der Waals surface area contributed by atoms with E-state index in [2.05, 4.69) is 17.6 Å². The molecular weight excluding hydrogens is 338 g/mol. The average molecular weight is 365 g/mol. The van der Waals surface area contributed by atoms with Crippen LogP contribution in [-0.2, 0) is 4.79 Å². The quantitative estimate of drug-likeness (QED) is 0.844. The van der Waals surface area contributed by atoms with Crippen LogP contribution in [0.25, 0.3) is 0 Å². The Balaban J connectivity index is 1.55. The van der Waals surface area contributed by atoms with Crippen molar-refractivity contribution in [3.8, 4) is 0 Å². The summed E-state index contributed by atoms with van der Waals surface area (Å²) in [6, 6.07) is 15.0. The highest BCUT2D eigenvalue weighted by Crippen LogP contribution is 2.19. The molecule has 0 spiro atoms. The highest BCUT2D eigenvalue weighted by atomic mass is 16.2. The molecule has 142 valence electrons. The van der Waals surface area contributed by atoms with Gasteiger partial charge in [0.2, 0.25) is 5.91 Å². The SMILES string of the molecule is Cc1ccc(NC(=O)CNc2cccc(C(=O)N3CCC(C)CC3)c2)cc1. The van der Waals surface area contributed by atoms with Gasteiger partial charge in [0, 0.05) is 30.0 Å². The zero-order valence-electron chi connectivity index (χ0n) is 16.0. The van der Waals surface area contributed by atoms with Crippen molar-refractivity contribution in [2.45, 2.75) is 26.7 Å². The van der Waals surface area contributed by atoms with Crippen molar-refractivity contribution in [1.29, 1.82) is 0 Å². The van der Waals surface area contributed by atoms with Gasteiger partial charge in [-0.25, -0.2) is 0 Å². The van der Waals surface area contributed by atoms with Crippen LogP contribution in [0.2, 0.25) is 0 Å². The van der Waals surface area contributed by atoms with Crippen molar-refractivity contribution >= 4 is 23.2 Å². The highest BCUT2D eigenvalue weighted by Gasteiger charge is 2.21. The molecule has 5 heteroatoms. The molecule has 1 aliphatic heterocycles. The molecule has 27 heavy (non-hydrogen) atoms. The van der Waals surface area contributed by atoms with Crippen LogP contribution >= 0.6 is 0 Å². The summed E-state index contributed by atoms with van der Waals surface area (Å²) in [5, 5.41) is 5.95. The van der Waals surface area contributed by atoms with E-state index in [1.807, 2.05) is 60.4 Å². The number of anilines is 2. The molecule has 0 atom stereocenters. The molecular formula is C22H27N3O2. The number of piperidine rings is 1. The Morgan fingerprint density at radius 3 is 2.44 bits per heavy atom. The summed E-state index contributed by atoms with van der Waals surface area (Å²) in [5.41, 5.74) is 3.35. The van der Waals surface area contributed by atoms with Crippen LogP contribution in [0.5, 0.6) is 0 Å². The van der Waals surface area contributed by atoms with E-state index < -0.39 is 0 Å². The highest BCUT2D eigenvalue weighted by molar-refractivity contribution is 5.96. The van der Waals surface area contributed by atoms with E-state index in [1.54, 1.807) is 0 Å². The molecule has 0 radical (unpaired) electrons. The number of hydrogen-bond donors (Lipinski definition) is 2. The van der Waals surface area contributed by atoms with Crippen LogP contribution in [0.4, 0.5) is 11.4 Å². The van der Waals surface area contributed by atoms with Crippen molar-refractivity contribution in [2.24, 2.45) is 5.92 Å². The molecule has 5 nitrogen and oxygen atoms in total. The Labute approximate surface area is 160 Å². The molecule has 1 aliphatic rings. The fourth-order valence-corrected chi connectivity index (χ4v) is 3.18. The standard InChI is InChI=1S/C22H27N3O2/c1-16-6-8-19(9-7-16)24-21(26)15-23-20-5-3-4-18(14-20)22(27)25-12-10-17(2)11-13-25/h3-9,14,17,23H,10-13,15H2,1-2H3,(H,24,26). The lowest BCUT2D eigenvalue weighted by Gasteiger charge is -2.30. The van der Waals surface area contributed by atoms with Gasteiger partial charge in [0.1, 0.15) is 0 Å². The van der Waals surface area contributed by atoms with Crippen LogP contribution in [-0.4, -0.2) is 36.3 Å². The molecule has 2 amide bonds. The number of nitrogens with one attached hydrogen (secondary N) is 2. The van der Waals surface area contributed by atoms with Gasteiger partial charge in [0.05, 0.1) is 6.54 Å². The summed E-state index contributed by atoms with van der Waals surface area (Å²) in [4.78, 5) is 26.7. The third-order valence-corrected chi connectivity index (χ3v) is 4.97. The van der Waals surface area contributed by atoms with Gasteiger partial charge in [-0.2, -0.15) is 0 Å². The zero-order chi connectivity index (χ0) is 19.2. The molecule has 1 heterocycles. The van der Waals surface area contributed by atoms with Crippen LogP contribution in [0.15, 0.2) is 48.5 Å². The van der Waals surface area contributed by atoms with E-state index in [1.165, 1.54) is 0 Å². The second-order valence-electron chi connectivity index (χ2n) is 7.32. The zero-order valence-corrected chi connectivity index (χ0v) is 16.0. The monoisotopic (exact) mass is 365 g/mol. The molecule has 0 saturated carbocycles. The van der Waals surface area contributed by atoms with Crippen molar-refractivity contribution in [3.05, 3.63) is 59.7 Å². The smallest absolute Gasteiger partial charge is 0.253 e. The first-order valence-electron chi connectivity index (χ1n) is 9.51.